The Labute approximate surface area is 173 Å². The number of ketones is 1. The number of rotatable bonds is 5. The van der Waals surface area contributed by atoms with E-state index in [0.29, 0.717) is 17.5 Å². The summed E-state index contributed by atoms with van der Waals surface area (Å²) in [5.41, 5.74) is 2.23. The van der Waals surface area contributed by atoms with Crippen molar-refractivity contribution in [2.45, 2.75) is 44.6 Å². The molecule has 2 aromatic carbocycles. The highest BCUT2D eigenvalue weighted by molar-refractivity contribution is 6.09. The van der Waals surface area contributed by atoms with Gasteiger partial charge in [0.1, 0.15) is 0 Å². The maximum atomic E-state index is 12.8. The average molecular weight is 391 g/mol. The molecule has 1 aliphatic carbocycles. The summed E-state index contributed by atoms with van der Waals surface area (Å²) in [5.74, 6) is 0.165. The number of amides is 1. The van der Waals surface area contributed by atoms with Crippen molar-refractivity contribution in [3.8, 4) is 0 Å². The van der Waals surface area contributed by atoms with Crippen LogP contribution in [0.3, 0.4) is 0 Å². The normalized spacial score (nSPS) is 18.6. The van der Waals surface area contributed by atoms with E-state index in [1.807, 2.05) is 59.5 Å². The number of carbonyl (C=O) groups is 2. The van der Waals surface area contributed by atoms with Crippen LogP contribution in [0.2, 0.25) is 0 Å². The van der Waals surface area contributed by atoms with Crippen molar-refractivity contribution in [1.29, 1.82) is 0 Å². The maximum absolute atomic E-state index is 12.8. The Bertz CT molecular complexity index is 835. The Morgan fingerprint density at radius 1 is 0.793 bits per heavy atom. The van der Waals surface area contributed by atoms with Crippen LogP contribution in [0.4, 0.5) is 0 Å². The quantitative estimate of drug-likeness (QED) is 0.726. The Hall–Kier alpha value is -2.46. The molecule has 2 aliphatic rings. The van der Waals surface area contributed by atoms with Crippen LogP contribution in [0.5, 0.6) is 0 Å². The molecule has 1 amide bonds. The van der Waals surface area contributed by atoms with E-state index < -0.39 is 0 Å². The van der Waals surface area contributed by atoms with Crippen LogP contribution >= 0.6 is 0 Å². The third kappa shape index (κ3) is 4.94. The number of carbonyl (C=O) groups excluding carboxylic acids is 2. The summed E-state index contributed by atoms with van der Waals surface area (Å²) >= 11 is 0. The molecule has 29 heavy (non-hydrogen) atoms. The highest BCUT2D eigenvalue weighted by Crippen LogP contribution is 2.23. The largest absolute Gasteiger partial charge is 0.340 e. The number of benzene rings is 2. The van der Waals surface area contributed by atoms with Gasteiger partial charge in [-0.25, -0.2) is 0 Å². The van der Waals surface area contributed by atoms with Gasteiger partial charge in [-0.3, -0.25) is 14.5 Å². The average Bonchev–Trinajstić information content (AvgIpc) is 2.80. The monoisotopic (exact) mass is 390 g/mol. The predicted molar refractivity (Wildman–Crippen MR) is 115 cm³/mol. The van der Waals surface area contributed by atoms with Gasteiger partial charge in [-0.1, -0.05) is 67.8 Å². The molecule has 1 aliphatic heterocycles. The lowest BCUT2D eigenvalue weighted by molar-refractivity contribution is -0.132. The first kappa shape index (κ1) is 19.8. The Balaban J connectivity index is 1.34. The Morgan fingerprint density at radius 2 is 1.48 bits per heavy atom. The molecule has 1 saturated heterocycles. The number of nitrogens with zero attached hydrogens (tertiary/aromatic N) is 2. The smallest absolute Gasteiger partial charge is 0.227 e. The summed E-state index contributed by atoms with van der Waals surface area (Å²) in [6.07, 6.45) is 7.07. The van der Waals surface area contributed by atoms with Crippen molar-refractivity contribution in [2.24, 2.45) is 0 Å². The topological polar surface area (TPSA) is 40.6 Å². The molecule has 1 saturated carbocycles. The minimum atomic E-state index is 0.000922. The first-order valence-electron chi connectivity index (χ1n) is 10.9. The standard InChI is InChI=1S/C25H30N2O2/c28-24(27-16-14-26(15-17-27)23-12-5-2-6-13-23)19-20-8-7-11-22(18-20)25(29)21-9-3-1-4-10-21/h1,3-4,7-11,18,23H,2,5-6,12-17,19H2. The van der Waals surface area contributed by atoms with Crippen LogP contribution in [-0.2, 0) is 11.2 Å². The second-order valence-corrected chi connectivity index (χ2v) is 8.28. The first-order chi connectivity index (χ1) is 14.2. The van der Waals surface area contributed by atoms with Crippen LogP contribution in [0, 0.1) is 0 Å². The molecular formula is C25H30N2O2. The Kier molecular flexibility index (Phi) is 6.40. The van der Waals surface area contributed by atoms with Crippen molar-refractivity contribution < 1.29 is 9.59 Å². The van der Waals surface area contributed by atoms with E-state index in [0.717, 1.165) is 37.8 Å². The molecule has 2 aromatic rings. The zero-order valence-corrected chi connectivity index (χ0v) is 17.1. The van der Waals surface area contributed by atoms with Gasteiger partial charge in [0.15, 0.2) is 5.78 Å². The van der Waals surface area contributed by atoms with E-state index in [1.165, 1.54) is 32.1 Å². The summed E-state index contributed by atoms with van der Waals surface area (Å²) in [6.45, 7) is 3.61. The van der Waals surface area contributed by atoms with Gasteiger partial charge in [-0.15, -0.1) is 0 Å². The minimum absolute atomic E-state index is 0.000922. The van der Waals surface area contributed by atoms with Gasteiger partial charge in [0.25, 0.3) is 0 Å². The van der Waals surface area contributed by atoms with Gasteiger partial charge in [0.2, 0.25) is 5.91 Å². The van der Waals surface area contributed by atoms with Gasteiger partial charge in [-0.2, -0.15) is 0 Å². The summed E-state index contributed by atoms with van der Waals surface area (Å²) in [7, 11) is 0. The highest BCUT2D eigenvalue weighted by atomic mass is 16.2. The van der Waals surface area contributed by atoms with Gasteiger partial charge in [-0.05, 0) is 24.5 Å². The molecular weight excluding hydrogens is 360 g/mol. The van der Waals surface area contributed by atoms with Crippen molar-refractivity contribution in [3.63, 3.8) is 0 Å². The van der Waals surface area contributed by atoms with Crippen LogP contribution in [0.25, 0.3) is 0 Å². The van der Waals surface area contributed by atoms with Gasteiger partial charge < -0.3 is 4.90 Å². The van der Waals surface area contributed by atoms with Gasteiger partial charge in [0.05, 0.1) is 6.42 Å². The fourth-order valence-corrected chi connectivity index (χ4v) is 4.65. The van der Waals surface area contributed by atoms with Crippen molar-refractivity contribution in [3.05, 3.63) is 71.3 Å². The molecule has 0 radical (unpaired) electrons. The maximum Gasteiger partial charge on any atom is 0.227 e. The van der Waals surface area contributed by atoms with E-state index >= 15 is 0 Å². The van der Waals surface area contributed by atoms with Crippen LogP contribution in [-0.4, -0.2) is 53.7 Å². The van der Waals surface area contributed by atoms with Crippen LogP contribution < -0.4 is 0 Å². The molecule has 152 valence electrons. The molecule has 4 heteroatoms. The van der Waals surface area contributed by atoms with Crippen molar-refractivity contribution in [2.75, 3.05) is 26.2 Å². The number of piperazine rings is 1. The molecule has 0 atom stereocenters. The molecule has 0 N–H and O–H groups in total. The van der Waals surface area contributed by atoms with E-state index in [4.69, 9.17) is 0 Å². The van der Waals surface area contributed by atoms with Crippen molar-refractivity contribution in [1.82, 2.24) is 9.80 Å². The summed E-state index contributed by atoms with van der Waals surface area (Å²) in [6, 6.07) is 17.5. The molecule has 0 aromatic heterocycles. The number of hydrogen-bond donors (Lipinski definition) is 0. The summed E-state index contributed by atoms with van der Waals surface area (Å²) < 4.78 is 0. The minimum Gasteiger partial charge on any atom is -0.340 e. The summed E-state index contributed by atoms with van der Waals surface area (Å²) in [5, 5.41) is 0. The van der Waals surface area contributed by atoms with E-state index in [1.54, 1.807) is 0 Å². The fourth-order valence-electron chi connectivity index (χ4n) is 4.65. The third-order valence-corrected chi connectivity index (χ3v) is 6.34. The second kappa shape index (κ2) is 9.36. The SMILES string of the molecule is O=C(c1ccccc1)c1cccc(CC(=O)N2CCN(C3CCCCC3)CC2)c1. The zero-order chi connectivity index (χ0) is 20.1. The van der Waals surface area contributed by atoms with E-state index in [9.17, 15) is 9.59 Å². The molecule has 4 nitrogen and oxygen atoms in total. The predicted octanol–water partition coefficient (Wildman–Crippen LogP) is 3.94. The van der Waals surface area contributed by atoms with Gasteiger partial charge in [0, 0.05) is 43.3 Å². The summed E-state index contributed by atoms with van der Waals surface area (Å²) in [4.78, 5) is 30.1. The lowest BCUT2D eigenvalue weighted by atomic mass is 9.94. The second-order valence-electron chi connectivity index (χ2n) is 8.28. The lowest BCUT2D eigenvalue weighted by Gasteiger charge is -2.40. The molecule has 0 unspecified atom stereocenters. The Morgan fingerprint density at radius 3 is 2.21 bits per heavy atom. The first-order valence-corrected chi connectivity index (χ1v) is 10.9. The van der Waals surface area contributed by atoms with Crippen LogP contribution in [0.1, 0.15) is 53.6 Å². The number of hydrogen-bond acceptors (Lipinski definition) is 3. The lowest BCUT2D eigenvalue weighted by Crippen LogP contribution is -2.52. The molecule has 0 bridgehead atoms. The molecule has 1 heterocycles. The van der Waals surface area contributed by atoms with Gasteiger partial charge >= 0.3 is 0 Å². The molecule has 4 rings (SSSR count). The van der Waals surface area contributed by atoms with E-state index in [2.05, 4.69) is 4.90 Å². The van der Waals surface area contributed by atoms with Crippen LogP contribution in [0.15, 0.2) is 54.6 Å². The third-order valence-electron chi connectivity index (χ3n) is 6.34. The van der Waals surface area contributed by atoms with Crippen molar-refractivity contribution >= 4 is 11.7 Å². The fraction of sp³-hybridized carbons (Fsp3) is 0.440. The zero-order valence-electron chi connectivity index (χ0n) is 17.1. The molecule has 0 spiro atoms. The van der Waals surface area contributed by atoms with E-state index in [-0.39, 0.29) is 11.7 Å². The molecule has 2 fully saturated rings. The highest BCUT2D eigenvalue weighted by Gasteiger charge is 2.27.